The van der Waals surface area contributed by atoms with Gasteiger partial charge in [0.25, 0.3) is 0 Å². The summed E-state index contributed by atoms with van der Waals surface area (Å²) in [5.74, 6) is 1.71. The van der Waals surface area contributed by atoms with Gasteiger partial charge < -0.3 is 4.98 Å². The zero-order valence-electron chi connectivity index (χ0n) is 9.53. The minimum Gasteiger partial charge on any atom is -0.339 e. The van der Waals surface area contributed by atoms with Crippen molar-refractivity contribution < 1.29 is 0 Å². The highest BCUT2D eigenvalue weighted by Crippen LogP contribution is 2.31. The largest absolute Gasteiger partial charge is 0.339 e. The van der Waals surface area contributed by atoms with Crippen molar-refractivity contribution in [2.45, 2.75) is 44.9 Å². The molecule has 0 unspecified atom stereocenters. The molecule has 0 radical (unpaired) electrons. The van der Waals surface area contributed by atoms with Crippen LogP contribution in [0, 0.1) is 6.92 Å². The summed E-state index contributed by atoms with van der Waals surface area (Å²) in [6, 6.07) is 0. The monoisotopic (exact) mass is 216 g/mol. The number of rotatable bonds is 1. The Bertz CT molecular complexity index is 497. The van der Waals surface area contributed by atoms with E-state index in [1.54, 1.807) is 6.33 Å². The van der Waals surface area contributed by atoms with Crippen LogP contribution in [0.25, 0.3) is 11.2 Å². The van der Waals surface area contributed by atoms with Crippen molar-refractivity contribution in [2.24, 2.45) is 0 Å². The van der Waals surface area contributed by atoms with Gasteiger partial charge in [-0.05, 0) is 19.8 Å². The van der Waals surface area contributed by atoms with Gasteiger partial charge in [0.2, 0.25) is 0 Å². The van der Waals surface area contributed by atoms with Gasteiger partial charge in [-0.25, -0.2) is 15.0 Å². The van der Waals surface area contributed by atoms with E-state index in [2.05, 4.69) is 19.9 Å². The van der Waals surface area contributed by atoms with Gasteiger partial charge in [-0.1, -0.05) is 19.3 Å². The third-order valence-electron chi connectivity index (χ3n) is 3.49. The Labute approximate surface area is 94.5 Å². The first-order chi connectivity index (χ1) is 7.84. The molecule has 0 aliphatic heterocycles. The number of aryl methyl sites for hydroxylation is 1. The molecule has 4 heteroatoms. The number of hydrogen-bond donors (Lipinski definition) is 1. The Morgan fingerprint density at radius 1 is 1.19 bits per heavy atom. The second kappa shape index (κ2) is 3.85. The molecule has 4 nitrogen and oxygen atoms in total. The van der Waals surface area contributed by atoms with Crippen molar-refractivity contribution in [3.63, 3.8) is 0 Å². The SMILES string of the molecule is Cc1ncnc2nc(C3CCCCC3)[nH]c12. The molecule has 3 rings (SSSR count). The van der Waals surface area contributed by atoms with Gasteiger partial charge in [0.15, 0.2) is 5.65 Å². The molecule has 0 bridgehead atoms. The van der Waals surface area contributed by atoms with Gasteiger partial charge in [0.05, 0.1) is 5.69 Å². The fourth-order valence-electron chi connectivity index (χ4n) is 2.53. The Balaban J connectivity index is 2.01. The van der Waals surface area contributed by atoms with Crippen LogP contribution in [0.2, 0.25) is 0 Å². The van der Waals surface area contributed by atoms with Crippen molar-refractivity contribution in [1.29, 1.82) is 0 Å². The third-order valence-corrected chi connectivity index (χ3v) is 3.49. The predicted octanol–water partition coefficient (Wildman–Crippen LogP) is 2.71. The van der Waals surface area contributed by atoms with Crippen molar-refractivity contribution in [1.82, 2.24) is 19.9 Å². The van der Waals surface area contributed by atoms with Gasteiger partial charge in [-0.15, -0.1) is 0 Å². The van der Waals surface area contributed by atoms with E-state index >= 15 is 0 Å². The average Bonchev–Trinajstić information content (AvgIpc) is 2.76. The van der Waals surface area contributed by atoms with Crippen LogP contribution in [0.1, 0.15) is 49.5 Å². The molecule has 16 heavy (non-hydrogen) atoms. The normalized spacial score (nSPS) is 18.1. The molecule has 1 aliphatic rings. The second-order valence-electron chi connectivity index (χ2n) is 4.61. The molecule has 0 aromatic carbocycles. The molecule has 0 atom stereocenters. The Hall–Kier alpha value is -1.45. The summed E-state index contributed by atoms with van der Waals surface area (Å²) in [5.41, 5.74) is 2.80. The lowest BCUT2D eigenvalue weighted by atomic mass is 9.89. The summed E-state index contributed by atoms with van der Waals surface area (Å²) in [5, 5.41) is 0. The van der Waals surface area contributed by atoms with Gasteiger partial charge in [-0.2, -0.15) is 0 Å². The van der Waals surface area contributed by atoms with Crippen LogP contribution in [0.5, 0.6) is 0 Å². The number of aromatic amines is 1. The van der Waals surface area contributed by atoms with E-state index in [4.69, 9.17) is 0 Å². The summed E-state index contributed by atoms with van der Waals surface area (Å²) in [4.78, 5) is 16.4. The number of imidazole rings is 1. The van der Waals surface area contributed by atoms with Gasteiger partial charge >= 0.3 is 0 Å². The lowest BCUT2D eigenvalue weighted by Gasteiger charge is -2.18. The van der Waals surface area contributed by atoms with E-state index in [1.165, 1.54) is 32.1 Å². The second-order valence-corrected chi connectivity index (χ2v) is 4.61. The van der Waals surface area contributed by atoms with E-state index in [-0.39, 0.29) is 0 Å². The van der Waals surface area contributed by atoms with Crippen molar-refractivity contribution in [3.05, 3.63) is 17.8 Å². The number of hydrogen-bond acceptors (Lipinski definition) is 3. The van der Waals surface area contributed by atoms with Crippen molar-refractivity contribution in [2.75, 3.05) is 0 Å². The molecule has 0 amide bonds. The van der Waals surface area contributed by atoms with Crippen LogP contribution in [-0.2, 0) is 0 Å². The standard InChI is InChI=1S/C12H16N4/c1-8-10-12(14-7-13-8)16-11(15-10)9-5-3-2-4-6-9/h7,9H,2-6H2,1H3,(H,13,14,15,16). The first kappa shape index (κ1) is 9.75. The first-order valence-electron chi connectivity index (χ1n) is 6.02. The molecule has 0 spiro atoms. The van der Waals surface area contributed by atoms with Crippen LogP contribution in [0.3, 0.4) is 0 Å². The smallest absolute Gasteiger partial charge is 0.181 e. The fourth-order valence-corrected chi connectivity index (χ4v) is 2.53. The van der Waals surface area contributed by atoms with E-state index in [1.807, 2.05) is 6.92 Å². The first-order valence-corrected chi connectivity index (χ1v) is 6.02. The number of aromatic nitrogens is 4. The Kier molecular flexibility index (Phi) is 2.35. The molecule has 2 aromatic heterocycles. The molecule has 1 saturated carbocycles. The quantitative estimate of drug-likeness (QED) is 0.797. The molecule has 84 valence electrons. The van der Waals surface area contributed by atoms with Gasteiger partial charge in [0.1, 0.15) is 17.7 Å². The lowest BCUT2D eigenvalue weighted by Crippen LogP contribution is -2.05. The van der Waals surface area contributed by atoms with E-state index in [0.717, 1.165) is 22.7 Å². The Morgan fingerprint density at radius 2 is 2.00 bits per heavy atom. The summed E-state index contributed by atoms with van der Waals surface area (Å²) in [6.07, 6.45) is 8.12. The molecule has 1 N–H and O–H groups in total. The summed E-state index contributed by atoms with van der Waals surface area (Å²) in [7, 11) is 0. The summed E-state index contributed by atoms with van der Waals surface area (Å²) in [6.45, 7) is 1.99. The highest BCUT2D eigenvalue weighted by molar-refractivity contribution is 5.72. The Morgan fingerprint density at radius 3 is 2.75 bits per heavy atom. The number of H-pyrrole nitrogens is 1. The van der Waals surface area contributed by atoms with Gasteiger partial charge in [0, 0.05) is 5.92 Å². The zero-order valence-corrected chi connectivity index (χ0v) is 9.53. The van der Waals surface area contributed by atoms with Crippen LogP contribution in [0.15, 0.2) is 6.33 Å². The molecule has 1 aliphatic carbocycles. The van der Waals surface area contributed by atoms with Gasteiger partial charge in [-0.3, -0.25) is 0 Å². The summed E-state index contributed by atoms with van der Waals surface area (Å²) >= 11 is 0. The van der Waals surface area contributed by atoms with E-state index in [0.29, 0.717) is 5.92 Å². The lowest BCUT2D eigenvalue weighted by molar-refractivity contribution is 0.431. The molecule has 2 aromatic rings. The predicted molar refractivity (Wildman–Crippen MR) is 62.2 cm³/mol. The molecule has 2 heterocycles. The van der Waals surface area contributed by atoms with Crippen molar-refractivity contribution in [3.8, 4) is 0 Å². The molecule has 1 fully saturated rings. The minimum atomic E-state index is 0.599. The average molecular weight is 216 g/mol. The maximum absolute atomic E-state index is 4.59. The van der Waals surface area contributed by atoms with Crippen LogP contribution < -0.4 is 0 Å². The van der Waals surface area contributed by atoms with E-state index in [9.17, 15) is 0 Å². The molecular weight excluding hydrogens is 200 g/mol. The highest BCUT2D eigenvalue weighted by Gasteiger charge is 2.19. The van der Waals surface area contributed by atoms with Crippen LogP contribution in [0.4, 0.5) is 0 Å². The zero-order chi connectivity index (χ0) is 11.0. The minimum absolute atomic E-state index is 0.599. The topological polar surface area (TPSA) is 54.5 Å². The van der Waals surface area contributed by atoms with Crippen LogP contribution >= 0.6 is 0 Å². The summed E-state index contributed by atoms with van der Waals surface area (Å²) < 4.78 is 0. The number of fused-ring (bicyclic) bond motifs is 1. The fraction of sp³-hybridized carbons (Fsp3) is 0.583. The highest BCUT2D eigenvalue weighted by atomic mass is 15.0. The van der Waals surface area contributed by atoms with Crippen molar-refractivity contribution >= 4 is 11.2 Å². The molecular formula is C12H16N4. The number of nitrogens with one attached hydrogen (secondary N) is 1. The van der Waals surface area contributed by atoms with E-state index < -0.39 is 0 Å². The maximum atomic E-state index is 4.59. The van der Waals surface area contributed by atoms with Crippen LogP contribution in [-0.4, -0.2) is 19.9 Å². The number of nitrogens with zero attached hydrogens (tertiary/aromatic N) is 3. The maximum Gasteiger partial charge on any atom is 0.181 e. The third kappa shape index (κ3) is 1.58. The molecule has 0 saturated heterocycles.